The average Bonchev–Trinajstić information content (AvgIpc) is 1.91. The lowest BCUT2D eigenvalue weighted by molar-refractivity contribution is 1.43. The minimum absolute atomic E-state index is 0.587. The van der Waals surface area contributed by atoms with Crippen LogP contribution in [0.3, 0.4) is 0 Å². The van der Waals surface area contributed by atoms with E-state index in [9.17, 15) is 0 Å². The zero-order valence-electron chi connectivity index (χ0n) is 5.05. The molecule has 0 fully saturated rings. The lowest BCUT2D eigenvalue weighted by Gasteiger charge is -1.92. The van der Waals surface area contributed by atoms with Crippen LogP contribution in [0.2, 0.25) is 0 Å². The van der Waals surface area contributed by atoms with Gasteiger partial charge in [-0.2, -0.15) is 0 Å². The summed E-state index contributed by atoms with van der Waals surface area (Å²) in [7, 11) is 0. The van der Waals surface area contributed by atoms with Crippen LogP contribution >= 0.6 is 11.6 Å². The van der Waals surface area contributed by atoms with Crippen molar-refractivity contribution in [2.45, 2.75) is 0 Å². The minimum Gasteiger partial charge on any atom is -0.126 e. The summed E-state index contributed by atoms with van der Waals surface area (Å²) in [6.07, 6.45) is 1.97. The van der Waals surface area contributed by atoms with Crippen molar-refractivity contribution >= 4 is 11.6 Å². The fourth-order valence-electron chi connectivity index (χ4n) is 0.678. The molecule has 1 aromatic rings. The Labute approximate surface area is 60.5 Å². The standard InChI is InChI=1S/C8H8Cl/c9-7-6-8-4-2-1-3-5-8/h1-6H,7H2. The van der Waals surface area contributed by atoms with Gasteiger partial charge in [0.15, 0.2) is 0 Å². The highest BCUT2D eigenvalue weighted by molar-refractivity contribution is 6.18. The van der Waals surface area contributed by atoms with Gasteiger partial charge in [0.2, 0.25) is 0 Å². The maximum Gasteiger partial charge on any atom is 0.0298 e. The molecule has 0 bridgehead atoms. The van der Waals surface area contributed by atoms with Gasteiger partial charge in [-0.1, -0.05) is 30.3 Å². The molecule has 9 heavy (non-hydrogen) atoms. The van der Waals surface area contributed by atoms with E-state index in [1.165, 1.54) is 5.56 Å². The Morgan fingerprint density at radius 1 is 1.22 bits per heavy atom. The Morgan fingerprint density at radius 3 is 2.44 bits per heavy atom. The van der Waals surface area contributed by atoms with Crippen molar-refractivity contribution in [2.75, 3.05) is 5.88 Å². The van der Waals surface area contributed by atoms with Gasteiger partial charge in [-0.25, -0.2) is 0 Å². The van der Waals surface area contributed by atoms with E-state index in [1.54, 1.807) is 0 Å². The van der Waals surface area contributed by atoms with E-state index in [1.807, 2.05) is 36.8 Å². The second-order valence-corrected chi connectivity index (χ2v) is 2.08. The van der Waals surface area contributed by atoms with E-state index in [4.69, 9.17) is 11.6 Å². The maximum absolute atomic E-state index is 5.48. The van der Waals surface area contributed by atoms with E-state index < -0.39 is 0 Å². The number of alkyl halides is 1. The van der Waals surface area contributed by atoms with Gasteiger partial charge in [0.25, 0.3) is 0 Å². The molecule has 0 aliphatic heterocycles. The van der Waals surface area contributed by atoms with Crippen LogP contribution < -0.4 is 0 Å². The molecule has 0 aliphatic rings. The van der Waals surface area contributed by atoms with Crippen molar-refractivity contribution in [3.8, 4) is 0 Å². The Bertz CT molecular complexity index is 157. The highest BCUT2D eigenvalue weighted by Crippen LogP contribution is 2.01. The maximum atomic E-state index is 5.48. The topological polar surface area (TPSA) is 0 Å². The molecule has 47 valence electrons. The molecule has 0 spiro atoms. The first-order valence-corrected chi connectivity index (χ1v) is 3.41. The van der Waals surface area contributed by atoms with Crippen LogP contribution in [0.4, 0.5) is 0 Å². The molecule has 1 heteroatoms. The van der Waals surface area contributed by atoms with Gasteiger partial charge in [0.1, 0.15) is 0 Å². The lowest BCUT2D eigenvalue weighted by atomic mass is 10.2. The van der Waals surface area contributed by atoms with Crippen LogP contribution in [-0.2, 0) is 0 Å². The molecule has 0 heterocycles. The van der Waals surface area contributed by atoms with Gasteiger partial charge in [-0.05, 0) is 5.56 Å². The zero-order valence-corrected chi connectivity index (χ0v) is 5.81. The van der Waals surface area contributed by atoms with Gasteiger partial charge >= 0.3 is 0 Å². The van der Waals surface area contributed by atoms with Crippen LogP contribution in [-0.4, -0.2) is 5.88 Å². The molecule has 1 radical (unpaired) electrons. The van der Waals surface area contributed by atoms with Crippen LogP contribution in [0.1, 0.15) is 5.56 Å². The molecule has 1 aromatic carbocycles. The third-order valence-electron chi connectivity index (χ3n) is 1.11. The van der Waals surface area contributed by atoms with Crippen molar-refractivity contribution in [2.24, 2.45) is 0 Å². The van der Waals surface area contributed by atoms with Gasteiger partial charge in [-0.3, -0.25) is 0 Å². The fraction of sp³-hybridized carbons (Fsp3) is 0.125. The molecule has 0 nitrogen and oxygen atoms in total. The van der Waals surface area contributed by atoms with Gasteiger partial charge in [-0.15, -0.1) is 11.6 Å². The number of rotatable bonds is 2. The lowest BCUT2D eigenvalue weighted by Crippen LogP contribution is -1.79. The van der Waals surface area contributed by atoms with Crippen LogP contribution in [0.5, 0.6) is 0 Å². The zero-order chi connectivity index (χ0) is 6.53. The molecule has 0 amide bonds. The minimum atomic E-state index is 0.587. The summed E-state index contributed by atoms with van der Waals surface area (Å²) in [4.78, 5) is 0. The molecule has 0 saturated heterocycles. The van der Waals surface area contributed by atoms with Gasteiger partial charge in [0, 0.05) is 12.3 Å². The SMILES string of the molecule is ClC[CH]c1ccccc1. The quantitative estimate of drug-likeness (QED) is 0.553. The van der Waals surface area contributed by atoms with E-state index in [-0.39, 0.29) is 0 Å². The normalized spacial score (nSPS) is 9.44. The monoisotopic (exact) mass is 139 g/mol. The first-order valence-electron chi connectivity index (χ1n) is 2.87. The number of halogens is 1. The largest absolute Gasteiger partial charge is 0.126 e. The molecule has 0 N–H and O–H groups in total. The summed E-state index contributed by atoms with van der Waals surface area (Å²) in [5, 5.41) is 0. The number of hydrogen-bond donors (Lipinski definition) is 0. The fourth-order valence-corrected chi connectivity index (χ4v) is 0.856. The molecule has 0 atom stereocenters. The predicted molar refractivity (Wildman–Crippen MR) is 40.6 cm³/mol. The van der Waals surface area contributed by atoms with Gasteiger partial charge < -0.3 is 0 Å². The molecular weight excluding hydrogens is 132 g/mol. The van der Waals surface area contributed by atoms with Crippen LogP contribution in [0.25, 0.3) is 0 Å². The van der Waals surface area contributed by atoms with Gasteiger partial charge in [0.05, 0.1) is 0 Å². The van der Waals surface area contributed by atoms with Crippen molar-refractivity contribution in [3.63, 3.8) is 0 Å². The summed E-state index contributed by atoms with van der Waals surface area (Å²) in [5.41, 5.74) is 1.19. The Kier molecular flexibility index (Phi) is 2.59. The van der Waals surface area contributed by atoms with Crippen molar-refractivity contribution in [1.29, 1.82) is 0 Å². The van der Waals surface area contributed by atoms with Crippen molar-refractivity contribution in [1.82, 2.24) is 0 Å². The third kappa shape index (κ3) is 2.06. The summed E-state index contributed by atoms with van der Waals surface area (Å²) in [5.74, 6) is 0.587. The Balaban J connectivity index is 2.61. The highest BCUT2D eigenvalue weighted by atomic mass is 35.5. The average molecular weight is 140 g/mol. The van der Waals surface area contributed by atoms with E-state index in [2.05, 4.69) is 0 Å². The first kappa shape index (κ1) is 6.63. The first-order chi connectivity index (χ1) is 4.43. The third-order valence-corrected chi connectivity index (χ3v) is 1.27. The summed E-state index contributed by atoms with van der Waals surface area (Å²) >= 11 is 5.48. The molecule has 0 unspecified atom stereocenters. The van der Waals surface area contributed by atoms with E-state index >= 15 is 0 Å². The smallest absolute Gasteiger partial charge is 0.0298 e. The Morgan fingerprint density at radius 2 is 1.89 bits per heavy atom. The van der Waals surface area contributed by atoms with E-state index in [0.717, 1.165) is 0 Å². The summed E-state index contributed by atoms with van der Waals surface area (Å²) in [6, 6.07) is 10.0. The molecule has 0 aliphatic carbocycles. The predicted octanol–water partition coefficient (Wildman–Crippen LogP) is 2.48. The van der Waals surface area contributed by atoms with Crippen LogP contribution in [0.15, 0.2) is 30.3 Å². The number of hydrogen-bond acceptors (Lipinski definition) is 0. The van der Waals surface area contributed by atoms with Crippen LogP contribution in [0, 0.1) is 6.42 Å². The van der Waals surface area contributed by atoms with E-state index in [0.29, 0.717) is 5.88 Å². The second-order valence-electron chi connectivity index (χ2n) is 1.77. The van der Waals surface area contributed by atoms with Crippen molar-refractivity contribution < 1.29 is 0 Å². The summed E-state index contributed by atoms with van der Waals surface area (Å²) in [6.45, 7) is 0. The molecular formula is C8H8Cl. The summed E-state index contributed by atoms with van der Waals surface area (Å²) < 4.78 is 0. The van der Waals surface area contributed by atoms with Crippen molar-refractivity contribution in [3.05, 3.63) is 42.3 Å². The second kappa shape index (κ2) is 3.52. The molecule has 0 aromatic heterocycles. The number of benzene rings is 1. The highest BCUT2D eigenvalue weighted by Gasteiger charge is 1.86. The Hall–Kier alpha value is -0.490. The molecule has 1 rings (SSSR count). The molecule has 0 saturated carbocycles.